The molecule has 34 heavy (non-hydrogen) atoms. The van der Waals surface area contributed by atoms with Gasteiger partial charge in [0.05, 0.1) is 22.5 Å². The van der Waals surface area contributed by atoms with Crippen molar-refractivity contribution in [2.45, 2.75) is 11.3 Å². The number of nitro groups is 1. The number of nitrogens with zero attached hydrogens (tertiary/aromatic N) is 2. The Morgan fingerprint density at radius 2 is 1.82 bits per heavy atom. The van der Waals surface area contributed by atoms with E-state index in [9.17, 15) is 23.3 Å². The lowest BCUT2D eigenvalue weighted by Gasteiger charge is -2.12. The number of hydrogen-bond acceptors (Lipinski definition) is 6. The van der Waals surface area contributed by atoms with Crippen LogP contribution in [0.5, 0.6) is 5.75 Å². The summed E-state index contributed by atoms with van der Waals surface area (Å²) < 4.78 is 34.4. The van der Waals surface area contributed by atoms with Crippen molar-refractivity contribution < 1.29 is 22.9 Å². The van der Waals surface area contributed by atoms with Crippen molar-refractivity contribution in [2.75, 3.05) is 7.11 Å². The summed E-state index contributed by atoms with van der Waals surface area (Å²) in [5.74, 6) is -0.603. The number of nitro benzene ring substituents is 1. The minimum absolute atomic E-state index is 0.0131. The van der Waals surface area contributed by atoms with E-state index in [1.54, 1.807) is 42.5 Å². The Hall–Kier alpha value is -4.18. The number of ether oxygens (including phenoxy) is 1. The van der Waals surface area contributed by atoms with Gasteiger partial charge in [-0.25, -0.2) is 13.1 Å². The molecule has 0 spiro atoms. The standard InChI is InChI=1S/C24H21N3O6S/c1-26-15-17(20-14-18(27(29)30)9-10-22(20)26)12-16-8-11-23(33-2)21(13-16)24(28)25-34(31,32)19-6-4-3-5-7-19/h3-11,13-15H,12H2,1-2H3,(H,25,28). The van der Waals surface area contributed by atoms with Gasteiger partial charge in [-0.2, -0.15) is 0 Å². The van der Waals surface area contributed by atoms with Gasteiger partial charge in [-0.15, -0.1) is 0 Å². The van der Waals surface area contributed by atoms with Crippen LogP contribution in [-0.4, -0.2) is 30.9 Å². The summed E-state index contributed by atoms with van der Waals surface area (Å²) in [5, 5.41) is 11.9. The van der Waals surface area contributed by atoms with Gasteiger partial charge in [-0.3, -0.25) is 14.9 Å². The second-order valence-electron chi connectivity index (χ2n) is 7.68. The molecule has 174 valence electrons. The first-order chi connectivity index (χ1) is 16.2. The fourth-order valence-corrected chi connectivity index (χ4v) is 4.80. The number of carbonyl (C=O) groups is 1. The van der Waals surface area contributed by atoms with Gasteiger partial charge in [0.2, 0.25) is 0 Å². The summed E-state index contributed by atoms with van der Waals surface area (Å²) in [6, 6.07) is 17.2. The maximum absolute atomic E-state index is 12.9. The number of fused-ring (bicyclic) bond motifs is 1. The molecular weight excluding hydrogens is 458 g/mol. The Balaban J connectivity index is 1.68. The molecule has 10 heteroatoms. The number of aromatic nitrogens is 1. The van der Waals surface area contributed by atoms with E-state index in [2.05, 4.69) is 4.72 Å². The third-order valence-corrected chi connectivity index (χ3v) is 6.80. The number of nitrogens with one attached hydrogen (secondary N) is 1. The third-order valence-electron chi connectivity index (χ3n) is 5.45. The summed E-state index contributed by atoms with van der Waals surface area (Å²) in [4.78, 5) is 23.6. The first kappa shape index (κ1) is 23.0. The molecule has 1 aromatic heterocycles. The number of rotatable bonds is 7. The van der Waals surface area contributed by atoms with E-state index in [1.165, 1.54) is 31.4 Å². The van der Waals surface area contributed by atoms with Crippen molar-refractivity contribution >= 4 is 32.5 Å². The highest BCUT2D eigenvalue weighted by atomic mass is 32.2. The molecule has 0 fully saturated rings. The van der Waals surface area contributed by atoms with Crippen molar-refractivity contribution in [3.8, 4) is 5.75 Å². The number of non-ortho nitro benzene ring substituents is 1. The lowest BCUT2D eigenvalue weighted by molar-refractivity contribution is -0.384. The van der Waals surface area contributed by atoms with Crippen LogP contribution >= 0.6 is 0 Å². The second-order valence-corrected chi connectivity index (χ2v) is 9.37. The predicted octanol–water partition coefficient (Wildman–Crippen LogP) is 3.80. The molecule has 0 aliphatic heterocycles. The predicted molar refractivity (Wildman–Crippen MR) is 126 cm³/mol. The topological polar surface area (TPSA) is 121 Å². The second kappa shape index (κ2) is 8.99. The van der Waals surface area contributed by atoms with Crippen molar-refractivity contribution in [2.24, 2.45) is 7.05 Å². The monoisotopic (exact) mass is 479 g/mol. The molecule has 0 aliphatic carbocycles. The minimum Gasteiger partial charge on any atom is -0.496 e. The Morgan fingerprint density at radius 3 is 2.50 bits per heavy atom. The van der Waals surface area contributed by atoms with E-state index in [0.717, 1.165) is 16.5 Å². The molecule has 0 aliphatic rings. The van der Waals surface area contributed by atoms with E-state index in [4.69, 9.17) is 4.74 Å². The van der Waals surface area contributed by atoms with Gasteiger partial charge in [0.1, 0.15) is 5.75 Å². The Bertz CT molecular complexity index is 1510. The lowest BCUT2D eigenvalue weighted by atomic mass is 10.0. The smallest absolute Gasteiger partial charge is 0.270 e. The molecule has 0 saturated carbocycles. The average molecular weight is 480 g/mol. The molecule has 0 atom stereocenters. The van der Waals surface area contributed by atoms with Crippen LogP contribution in [0.25, 0.3) is 10.9 Å². The number of amides is 1. The molecule has 1 heterocycles. The van der Waals surface area contributed by atoms with E-state index in [0.29, 0.717) is 12.0 Å². The van der Waals surface area contributed by atoms with Crippen LogP contribution < -0.4 is 9.46 Å². The third kappa shape index (κ3) is 4.48. The zero-order valence-electron chi connectivity index (χ0n) is 18.4. The lowest BCUT2D eigenvalue weighted by Crippen LogP contribution is -2.31. The number of hydrogen-bond donors (Lipinski definition) is 1. The first-order valence-corrected chi connectivity index (χ1v) is 11.7. The fraction of sp³-hybridized carbons (Fsp3) is 0.125. The number of aryl methyl sites for hydroxylation is 1. The summed E-state index contributed by atoms with van der Waals surface area (Å²) in [6.07, 6.45) is 2.24. The quantitative estimate of drug-likeness (QED) is 0.318. The molecule has 0 unspecified atom stereocenters. The van der Waals surface area contributed by atoms with Crippen LogP contribution in [0.1, 0.15) is 21.5 Å². The van der Waals surface area contributed by atoms with Crippen LogP contribution in [0.4, 0.5) is 5.69 Å². The normalized spacial score (nSPS) is 11.4. The summed E-state index contributed by atoms with van der Waals surface area (Å²) in [7, 11) is -0.829. The molecule has 4 aromatic rings. The van der Waals surface area contributed by atoms with E-state index in [1.807, 2.05) is 17.8 Å². The SMILES string of the molecule is COc1ccc(Cc2cn(C)c3ccc([N+](=O)[O-])cc23)cc1C(=O)NS(=O)(=O)c1ccccc1. The number of benzene rings is 3. The van der Waals surface area contributed by atoms with Crippen LogP contribution in [0, 0.1) is 10.1 Å². The van der Waals surface area contributed by atoms with Crippen LogP contribution in [0.2, 0.25) is 0 Å². The highest BCUT2D eigenvalue weighted by Gasteiger charge is 2.22. The molecule has 0 saturated heterocycles. The Kier molecular flexibility index (Phi) is 6.08. The van der Waals surface area contributed by atoms with Gasteiger partial charge < -0.3 is 9.30 Å². The van der Waals surface area contributed by atoms with Crippen molar-refractivity contribution in [1.29, 1.82) is 0 Å². The van der Waals surface area contributed by atoms with Crippen molar-refractivity contribution in [3.05, 3.63) is 99.7 Å². The van der Waals surface area contributed by atoms with Gasteiger partial charge in [0, 0.05) is 36.3 Å². The van der Waals surface area contributed by atoms with Gasteiger partial charge in [-0.05, 0) is 47.9 Å². The van der Waals surface area contributed by atoms with Gasteiger partial charge in [0.25, 0.3) is 21.6 Å². The first-order valence-electron chi connectivity index (χ1n) is 10.2. The average Bonchev–Trinajstić information content (AvgIpc) is 3.13. The summed E-state index contributed by atoms with van der Waals surface area (Å²) >= 11 is 0. The molecule has 1 amide bonds. The Labute approximate surface area is 195 Å². The molecule has 0 radical (unpaired) electrons. The zero-order chi connectivity index (χ0) is 24.5. The van der Waals surface area contributed by atoms with E-state index < -0.39 is 20.9 Å². The van der Waals surface area contributed by atoms with Crippen molar-refractivity contribution in [3.63, 3.8) is 0 Å². The van der Waals surface area contributed by atoms with Crippen LogP contribution in [0.15, 0.2) is 77.8 Å². The maximum atomic E-state index is 12.9. The zero-order valence-corrected chi connectivity index (χ0v) is 19.2. The van der Waals surface area contributed by atoms with E-state index in [-0.39, 0.29) is 21.9 Å². The van der Waals surface area contributed by atoms with Gasteiger partial charge in [-0.1, -0.05) is 24.3 Å². The molecule has 3 aromatic carbocycles. The number of carbonyl (C=O) groups excluding carboxylic acids is 1. The number of sulfonamides is 1. The molecule has 9 nitrogen and oxygen atoms in total. The van der Waals surface area contributed by atoms with Crippen molar-refractivity contribution in [1.82, 2.24) is 9.29 Å². The van der Waals surface area contributed by atoms with E-state index >= 15 is 0 Å². The van der Waals surface area contributed by atoms with Gasteiger partial charge >= 0.3 is 0 Å². The number of methoxy groups -OCH3 is 1. The summed E-state index contributed by atoms with van der Waals surface area (Å²) in [5.41, 5.74) is 2.42. The maximum Gasteiger partial charge on any atom is 0.270 e. The molecular formula is C24H21N3O6S. The largest absolute Gasteiger partial charge is 0.496 e. The Morgan fingerprint density at radius 1 is 1.09 bits per heavy atom. The summed E-state index contributed by atoms with van der Waals surface area (Å²) in [6.45, 7) is 0. The highest BCUT2D eigenvalue weighted by Crippen LogP contribution is 2.29. The molecule has 0 bridgehead atoms. The van der Waals surface area contributed by atoms with Gasteiger partial charge in [0.15, 0.2) is 0 Å². The highest BCUT2D eigenvalue weighted by molar-refractivity contribution is 7.90. The van der Waals surface area contributed by atoms with Crippen LogP contribution in [-0.2, 0) is 23.5 Å². The molecule has 4 rings (SSSR count). The fourth-order valence-electron chi connectivity index (χ4n) is 3.81. The van der Waals surface area contributed by atoms with Crippen LogP contribution in [0.3, 0.4) is 0 Å². The molecule has 1 N–H and O–H groups in total. The minimum atomic E-state index is -4.07.